The van der Waals surface area contributed by atoms with Crippen LogP contribution in [0, 0.1) is 0 Å². The zero-order valence-corrected chi connectivity index (χ0v) is 13.9. The van der Waals surface area contributed by atoms with Gasteiger partial charge in [0.15, 0.2) is 0 Å². The summed E-state index contributed by atoms with van der Waals surface area (Å²) in [7, 11) is 0. The minimum absolute atomic E-state index is 0.0411. The Balaban J connectivity index is 1.45. The fraction of sp³-hybridized carbons (Fsp3) is 0.706. The van der Waals surface area contributed by atoms with Gasteiger partial charge in [0.2, 0.25) is 5.91 Å². The Bertz CT molecular complexity index is 623. The molecule has 130 valence electrons. The largest absolute Gasteiger partial charge is 0.381 e. The minimum atomic E-state index is 0.0411. The van der Waals surface area contributed by atoms with Gasteiger partial charge >= 0.3 is 0 Å². The van der Waals surface area contributed by atoms with Gasteiger partial charge in [-0.1, -0.05) is 0 Å². The van der Waals surface area contributed by atoms with Crippen molar-refractivity contribution in [3.63, 3.8) is 0 Å². The van der Waals surface area contributed by atoms with E-state index in [0.29, 0.717) is 31.0 Å². The molecule has 1 atom stereocenters. The maximum atomic E-state index is 12.9. The molecule has 7 nitrogen and oxygen atoms in total. The summed E-state index contributed by atoms with van der Waals surface area (Å²) in [5, 5.41) is 7.16. The number of likely N-dealkylation sites (tertiary alicyclic amines) is 2. The van der Waals surface area contributed by atoms with E-state index in [4.69, 9.17) is 4.74 Å². The van der Waals surface area contributed by atoms with Crippen LogP contribution in [0.15, 0.2) is 6.20 Å². The Morgan fingerprint density at radius 3 is 2.83 bits per heavy atom. The molecule has 3 aliphatic rings. The summed E-state index contributed by atoms with van der Waals surface area (Å²) in [6.45, 7) is 3.67. The van der Waals surface area contributed by atoms with Gasteiger partial charge in [-0.2, -0.15) is 5.10 Å². The highest BCUT2D eigenvalue weighted by molar-refractivity contribution is 5.95. The van der Waals surface area contributed by atoms with Gasteiger partial charge in [0, 0.05) is 45.2 Å². The summed E-state index contributed by atoms with van der Waals surface area (Å²) < 4.78 is 5.41. The summed E-state index contributed by atoms with van der Waals surface area (Å²) in [5.74, 6) is 0.596. The van der Waals surface area contributed by atoms with Crippen LogP contribution in [0.4, 0.5) is 0 Å². The number of nitrogens with one attached hydrogen (secondary N) is 1. The van der Waals surface area contributed by atoms with E-state index in [1.54, 1.807) is 6.20 Å². The lowest BCUT2D eigenvalue weighted by atomic mass is 9.93. The van der Waals surface area contributed by atoms with Crippen molar-refractivity contribution >= 4 is 11.8 Å². The summed E-state index contributed by atoms with van der Waals surface area (Å²) >= 11 is 0. The third-order valence-electron chi connectivity index (χ3n) is 5.53. The Morgan fingerprint density at radius 1 is 1.25 bits per heavy atom. The molecule has 3 saturated heterocycles. The second-order valence-corrected chi connectivity index (χ2v) is 6.97. The van der Waals surface area contributed by atoms with Gasteiger partial charge in [-0.05, 0) is 25.7 Å². The molecule has 3 aliphatic heterocycles. The van der Waals surface area contributed by atoms with Gasteiger partial charge in [0.05, 0.1) is 23.5 Å². The van der Waals surface area contributed by atoms with Crippen molar-refractivity contribution in [2.24, 2.45) is 0 Å². The van der Waals surface area contributed by atoms with E-state index in [1.807, 2.05) is 9.80 Å². The van der Waals surface area contributed by atoms with E-state index in [0.717, 1.165) is 51.1 Å². The number of aromatic nitrogens is 2. The van der Waals surface area contributed by atoms with E-state index < -0.39 is 0 Å². The van der Waals surface area contributed by atoms with Crippen LogP contribution in [0.1, 0.15) is 54.1 Å². The minimum Gasteiger partial charge on any atom is -0.381 e. The maximum Gasteiger partial charge on any atom is 0.257 e. The molecule has 0 aromatic carbocycles. The Hall–Kier alpha value is -1.89. The molecule has 1 unspecified atom stereocenters. The highest BCUT2D eigenvalue weighted by Gasteiger charge is 2.36. The first-order valence-corrected chi connectivity index (χ1v) is 8.94. The number of nitrogens with zero attached hydrogens (tertiary/aromatic N) is 3. The number of ether oxygens (including phenoxy) is 1. The summed E-state index contributed by atoms with van der Waals surface area (Å²) in [6, 6.07) is 0.183. The van der Waals surface area contributed by atoms with E-state index in [1.165, 1.54) is 0 Å². The summed E-state index contributed by atoms with van der Waals surface area (Å²) in [6.07, 6.45) is 5.98. The second-order valence-electron chi connectivity index (χ2n) is 6.97. The Morgan fingerprint density at radius 2 is 2.08 bits per heavy atom. The molecule has 24 heavy (non-hydrogen) atoms. The predicted molar refractivity (Wildman–Crippen MR) is 86.6 cm³/mol. The standard InChI is InChI=1S/C17H24N4O3/c22-15-2-1-6-21(15)13-3-7-20(11-13)17(23)14-10-18-19-16(14)12-4-8-24-9-5-12/h10,12-13H,1-9,11H2,(H,18,19). The van der Waals surface area contributed by atoms with Crippen LogP contribution in [0.3, 0.4) is 0 Å². The van der Waals surface area contributed by atoms with Crippen LogP contribution in [0.25, 0.3) is 0 Å². The molecular weight excluding hydrogens is 308 g/mol. The van der Waals surface area contributed by atoms with Crippen LogP contribution in [0.5, 0.6) is 0 Å². The Labute approximate surface area is 141 Å². The molecule has 4 rings (SSSR count). The zero-order valence-electron chi connectivity index (χ0n) is 13.9. The van der Waals surface area contributed by atoms with E-state index in [9.17, 15) is 9.59 Å². The quantitative estimate of drug-likeness (QED) is 0.900. The van der Waals surface area contributed by atoms with Crippen LogP contribution < -0.4 is 0 Å². The lowest BCUT2D eigenvalue weighted by molar-refractivity contribution is -0.129. The fourth-order valence-corrected chi connectivity index (χ4v) is 4.17. The van der Waals surface area contributed by atoms with Crippen molar-refractivity contribution in [1.82, 2.24) is 20.0 Å². The first-order chi connectivity index (χ1) is 11.7. The van der Waals surface area contributed by atoms with Crippen molar-refractivity contribution in [1.29, 1.82) is 0 Å². The summed E-state index contributed by atoms with van der Waals surface area (Å²) in [5.41, 5.74) is 1.64. The third-order valence-corrected chi connectivity index (χ3v) is 5.53. The first-order valence-electron chi connectivity index (χ1n) is 8.94. The number of aromatic amines is 1. The van der Waals surface area contributed by atoms with Crippen LogP contribution >= 0.6 is 0 Å². The normalized spacial score (nSPS) is 25.7. The molecule has 4 heterocycles. The maximum absolute atomic E-state index is 12.9. The van der Waals surface area contributed by atoms with Crippen molar-refractivity contribution in [3.8, 4) is 0 Å². The third kappa shape index (κ3) is 2.81. The molecule has 0 spiro atoms. The monoisotopic (exact) mass is 332 g/mol. The van der Waals surface area contributed by atoms with Gasteiger partial charge in [0.1, 0.15) is 0 Å². The van der Waals surface area contributed by atoms with Crippen molar-refractivity contribution < 1.29 is 14.3 Å². The van der Waals surface area contributed by atoms with E-state index >= 15 is 0 Å². The van der Waals surface area contributed by atoms with Crippen molar-refractivity contribution in [2.75, 3.05) is 32.8 Å². The average molecular weight is 332 g/mol. The molecule has 0 bridgehead atoms. The SMILES string of the molecule is O=C(c1cn[nH]c1C1CCOCC1)N1CCC(N2CCCC2=O)C1. The van der Waals surface area contributed by atoms with Crippen LogP contribution in [-0.4, -0.2) is 70.7 Å². The molecule has 3 fully saturated rings. The number of carbonyl (C=O) groups excluding carboxylic acids is 2. The molecule has 0 aliphatic carbocycles. The van der Waals surface area contributed by atoms with Crippen molar-refractivity contribution in [3.05, 3.63) is 17.5 Å². The van der Waals surface area contributed by atoms with Crippen LogP contribution in [-0.2, 0) is 9.53 Å². The topological polar surface area (TPSA) is 78.5 Å². The number of hydrogen-bond acceptors (Lipinski definition) is 4. The van der Waals surface area contributed by atoms with Crippen LogP contribution in [0.2, 0.25) is 0 Å². The lowest BCUT2D eigenvalue weighted by Gasteiger charge is -2.25. The number of amides is 2. The molecule has 1 aromatic rings. The highest BCUT2D eigenvalue weighted by Crippen LogP contribution is 2.29. The molecule has 1 N–H and O–H groups in total. The number of H-pyrrole nitrogens is 1. The van der Waals surface area contributed by atoms with Gasteiger partial charge in [0.25, 0.3) is 5.91 Å². The Kier molecular flexibility index (Phi) is 4.26. The zero-order chi connectivity index (χ0) is 16.5. The smallest absolute Gasteiger partial charge is 0.257 e. The first kappa shape index (κ1) is 15.6. The molecule has 0 saturated carbocycles. The number of carbonyl (C=O) groups is 2. The van der Waals surface area contributed by atoms with E-state index in [2.05, 4.69) is 10.2 Å². The van der Waals surface area contributed by atoms with Gasteiger partial charge in [-0.3, -0.25) is 14.7 Å². The fourth-order valence-electron chi connectivity index (χ4n) is 4.17. The number of rotatable bonds is 3. The second kappa shape index (κ2) is 6.55. The lowest BCUT2D eigenvalue weighted by Crippen LogP contribution is -2.39. The summed E-state index contributed by atoms with van der Waals surface area (Å²) in [4.78, 5) is 28.7. The molecule has 0 radical (unpaired) electrons. The van der Waals surface area contributed by atoms with E-state index in [-0.39, 0.29) is 17.9 Å². The average Bonchev–Trinajstić information content (AvgIpc) is 3.35. The van der Waals surface area contributed by atoms with Crippen molar-refractivity contribution in [2.45, 2.75) is 44.1 Å². The molecular formula is C17H24N4O3. The molecule has 7 heteroatoms. The molecule has 2 amide bonds. The highest BCUT2D eigenvalue weighted by atomic mass is 16.5. The molecule has 1 aromatic heterocycles. The number of hydrogen-bond donors (Lipinski definition) is 1. The van der Waals surface area contributed by atoms with Gasteiger partial charge in [-0.25, -0.2) is 0 Å². The predicted octanol–water partition coefficient (Wildman–Crippen LogP) is 1.14. The van der Waals surface area contributed by atoms with Gasteiger partial charge in [-0.15, -0.1) is 0 Å². The van der Waals surface area contributed by atoms with Gasteiger partial charge < -0.3 is 14.5 Å².